The van der Waals surface area contributed by atoms with Gasteiger partial charge in [0.05, 0.1) is 0 Å². The van der Waals surface area contributed by atoms with E-state index in [0.29, 0.717) is 0 Å². The van der Waals surface area contributed by atoms with Crippen LogP contribution in [0.3, 0.4) is 0 Å². The lowest BCUT2D eigenvalue weighted by Crippen LogP contribution is -1.85. The predicted molar refractivity (Wildman–Crippen MR) is 123 cm³/mol. The van der Waals surface area contributed by atoms with Gasteiger partial charge in [-0.15, -0.1) is 22.7 Å². The lowest BCUT2D eigenvalue weighted by atomic mass is 9.98. The maximum atomic E-state index is 4.80. The number of hydrogen-bond acceptors (Lipinski definition) is 4. The molecular weight excluding hydrogens is 380 g/mol. The Morgan fingerprint density at radius 1 is 0.750 bits per heavy atom. The molecule has 0 fully saturated rings. The Balaban J connectivity index is 1.62. The van der Waals surface area contributed by atoms with Gasteiger partial charge in [-0.2, -0.15) is 0 Å². The average Bonchev–Trinajstić information content (AvgIpc) is 3.26. The summed E-state index contributed by atoms with van der Waals surface area (Å²) in [4.78, 5) is 11.6. The Labute approximate surface area is 170 Å². The molecule has 28 heavy (non-hydrogen) atoms. The Hall–Kier alpha value is -2.82. The van der Waals surface area contributed by atoms with E-state index in [9.17, 15) is 0 Å². The molecule has 134 valence electrons. The van der Waals surface area contributed by atoms with Crippen LogP contribution in [-0.4, -0.2) is 9.97 Å². The molecule has 6 aromatic rings. The molecule has 0 spiro atoms. The predicted octanol–water partition coefficient (Wildman–Crippen LogP) is 7.50. The van der Waals surface area contributed by atoms with E-state index in [1.165, 1.54) is 53.2 Å². The minimum absolute atomic E-state index is 1.10. The molecule has 0 amide bonds. The highest BCUT2D eigenvalue weighted by Gasteiger charge is 2.14. The Kier molecular flexibility index (Phi) is 3.37. The summed E-state index contributed by atoms with van der Waals surface area (Å²) in [6.07, 6.45) is 3.89. The molecule has 2 nitrogen and oxygen atoms in total. The molecule has 0 saturated carbocycles. The van der Waals surface area contributed by atoms with Crippen LogP contribution in [0.15, 0.2) is 60.9 Å². The van der Waals surface area contributed by atoms with Gasteiger partial charge in [0.25, 0.3) is 0 Å². The zero-order valence-corrected chi connectivity index (χ0v) is 17.1. The molecule has 0 unspecified atom stereocenters. The zero-order chi connectivity index (χ0) is 18.8. The minimum Gasteiger partial charge on any atom is -0.245 e. The average molecular weight is 397 g/mol. The van der Waals surface area contributed by atoms with Gasteiger partial charge in [0, 0.05) is 48.9 Å². The summed E-state index contributed by atoms with van der Waals surface area (Å²) in [6.45, 7) is 4.36. The van der Waals surface area contributed by atoms with E-state index >= 15 is 0 Å². The van der Waals surface area contributed by atoms with Crippen molar-refractivity contribution < 1.29 is 0 Å². The van der Waals surface area contributed by atoms with Crippen LogP contribution in [0.25, 0.3) is 51.7 Å². The molecule has 0 atom stereocenters. The van der Waals surface area contributed by atoms with Gasteiger partial charge in [-0.3, -0.25) is 0 Å². The van der Waals surface area contributed by atoms with E-state index in [1.54, 1.807) is 22.7 Å². The number of rotatable bonds is 1. The molecule has 4 aromatic heterocycles. The summed E-state index contributed by atoms with van der Waals surface area (Å²) >= 11 is 3.54. The lowest BCUT2D eigenvalue weighted by molar-refractivity contribution is 1.43. The quantitative estimate of drug-likeness (QED) is 0.288. The fourth-order valence-corrected chi connectivity index (χ4v) is 6.20. The monoisotopic (exact) mass is 396 g/mol. The molecule has 0 aliphatic rings. The number of aryl methyl sites for hydroxylation is 2. The van der Waals surface area contributed by atoms with E-state index in [0.717, 1.165) is 9.66 Å². The first-order valence-corrected chi connectivity index (χ1v) is 10.9. The number of pyridine rings is 2. The highest BCUT2D eigenvalue weighted by atomic mass is 32.1. The van der Waals surface area contributed by atoms with Gasteiger partial charge in [0.1, 0.15) is 9.66 Å². The van der Waals surface area contributed by atoms with Crippen molar-refractivity contribution in [3.05, 3.63) is 72.1 Å². The van der Waals surface area contributed by atoms with Crippen molar-refractivity contribution in [3.8, 4) is 11.1 Å². The second-order valence-electron chi connectivity index (χ2n) is 7.25. The molecule has 0 aliphatic heterocycles. The van der Waals surface area contributed by atoms with Gasteiger partial charge in [-0.25, -0.2) is 9.97 Å². The Morgan fingerprint density at radius 3 is 2.57 bits per heavy atom. The number of hydrogen-bond donors (Lipinski definition) is 0. The number of nitrogens with zero attached hydrogens (tertiary/aromatic N) is 2. The number of benzene rings is 2. The zero-order valence-electron chi connectivity index (χ0n) is 15.5. The van der Waals surface area contributed by atoms with Crippen molar-refractivity contribution in [2.24, 2.45) is 0 Å². The van der Waals surface area contributed by atoms with Crippen LogP contribution in [0.4, 0.5) is 0 Å². The summed E-state index contributed by atoms with van der Waals surface area (Å²) < 4.78 is 2.62. The van der Waals surface area contributed by atoms with Crippen molar-refractivity contribution in [1.82, 2.24) is 9.97 Å². The number of thiophene rings is 2. The van der Waals surface area contributed by atoms with Crippen LogP contribution >= 0.6 is 22.7 Å². The molecule has 2 aromatic carbocycles. The van der Waals surface area contributed by atoms with E-state index < -0.39 is 0 Å². The van der Waals surface area contributed by atoms with Crippen LogP contribution in [0, 0.1) is 13.8 Å². The van der Waals surface area contributed by atoms with Crippen molar-refractivity contribution in [2.75, 3.05) is 0 Å². The van der Waals surface area contributed by atoms with E-state index in [4.69, 9.17) is 4.98 Å². The van der Waals surface area contributed by atoms with Gasteiger partial charge >= 0.3 is 0 Å². The first-order chi connectivity index (χ1) is 13.7. The summed E-state index contributed by atoms with van der Waals surface area (Å²) in [5.74, 6) is 0. The maximum absolute atomic E-state index is 4.80. The molecule has 0 saturated heterocycles. The maximum Gasteiger partial charge on any atom is 0.124 e. The molecule has 0 aliphatic carbocycles. The summed E-state index contributed by atoms with van der Waals surface area (Å²) in [5.41, 5.74) is 5.02. The molecule has 0 N–H and O–H groups in total. The van der Waals surface area contributed by atoms with E-state index in [2.05, 4.69) is 61.3 Å². The fraction of sp³-hybridized carbons (Fsp3) is 0.0833. The Bertz CT molecular complexity index is 1540. The van der Waals surface area contributed by atoms with Crippen molar-refractivity contribution in [1.29, 1.82) is 0 Å². The highest BCUT2D eigenvalue weighted by Crippen LogP contribution is 2.40. The van der Waals surface area contributed by atoms with Crippen molar-refractivity contribution in [3.63, 3.8) is 0 Å². The minimum atomic E-state index is 1.10. The van der Waals surface area contributed by atoms with E-state index in [-0.39, 0.29) is 0 Å². The topological polar surface area (TPSA) is 25.8 Å². The SMILES string of the molecule is Cc1ccc2sc3ncc(-c4ccc5c(sc6ncccc65)c4C)cc3c2c1. The van der Waals surface area contributed by atoms with Gasteiger partial charge in [0.15, 0.2) is 0 Å². The third-order valence-electron chi connectivity index (χ3n) is 5.46. The van der Waals surface area contributed by atoms with Gasteiger partial charge in [-0.05, 0) is 55.3 Å². The van der Waals surface area contributed by atoms with Gasteiger partial charge in [-0.1, -0.05) is 23.8 Å². The lowest BCUT2D eigenvalue weighted by Gasteiger charge is -2.07. The molecule has 6 rings (SSSR count). The summed E-state index contributed by atoms with van der Waals surface area (Å²) in [7, 11) is 0. The van der Waals surface area contributed by atoms with Gasteiger partial charge in [0.2, 0.25) is 0 Å². The van der Waals surface area contributed by atoms with E-state index in [1.807, 2.05) is 18.5 Å². The summed E-state index contributed by atoms with van der Waals surface area (Å²) in [6, 6.07) is 17.6. The standard InChI is InChI=1S/C24H16N2S2/c1-13-5-8-21-19(10-13)20-11-15(12-26-24(20)27-21)16-6-7-17-18-4-3-9-25-23(18)28-22(17)14(16)2/h3-12H,1-2H3. The van der Waals surface area contributed by atoms with Crippen molar-refractivity contribution in [2.45, 2.75) is 13.8 Å². The van der Waals surface area contributed by atoms with Crippen LogP contribution in [0.1, 0.15) is 11.1 Å². The second kappa shape index (κ2) is 5.84. The highest BCUT2D eigenvalue weighted by molar-refractivity contribution is 7.26. The molecule has 0 bridgehead atoms. The molecule has 4 heterocycles. The third kappa shape index (κ3) is 2.25. The summed E-state index contributed by atoms with van der Waals surface area (Å²) in [5, 5.41) is 5.09. The number of aromatic nitrogens is 2. The molecule has 0 radical (unpaired) electrons. The Morgan fingerprint density at radius 2 is 1.64 bits per heavy atom. The van der Waals surface area contributed by atoms with Crippen LogP contribution in [-0.2, 0) is 0 Å². The third-order valence-corrected chi connectivity index (χ3v) is 7.80. The largest absolute Gasteiger partial charge is 0.245 e. The van der Waals surface area contributed by atoms with Crippen LogP contribution < -0.4 is 0 Å². The number of fused-ring (bicyclic) bond motifs is 6. The molecular formula is C24H16N2S2. The molecule has 4 heteroatoms. The fourth-order valence-electron chi connectivity index (χ4n) is 4.04. The van der Waals surface area contributed by atoms with Crippen LogP contribution in [0.2, 0.25) is 0 Å². The van der Waals surface area contributed by atoms with Crippen LogP contribution in [0.5, 0.6) is 0 Å². The first kappa shape index (κ1) is 16.2. The second-order valence-corrected chi connectivity index (χ2v) is 9.28. The smallest absolute Gasteiger partial charge is 0.124 e. The van der Waals surface area contributed by atoms with Gasteiger partial charge < -0.3 is 0 Å². The normalized spacial score (nSPS) is 11.9. The first-order valence-electron chi connectivity index (χ1n) is 9.25. The van der Waals surface area contributed by atoms with Crippen molar-refractivity contribution >= 4 is 63.3 Å².